The summed E-state index contributed by atoms with van der Waals surface area (Å²) in [5.41, 5.74) is 6.32. The first-order chi connectivity index (χ1) is 10.2. The smallest absolute Gasteiger partial charge is 0.407 e. The van der Waals surface area contributed by atoms with Crippen LogP contribution in [0.2, 0.25) is 0 Å². The first-order valence-corrected chi connectivity index (χ1v) is 7.49. The number of hydrogen-bond donors (Lipinski definition) is 2. The number of benzene rings is 1. The van der Waals surface area contributed by atoms with Gasteiger partial charge in [-0.2, -0.15) is 0 Å². The predicted octanol–water partition coefficient (Wildman–Crippen LogP) is 3.41. The lowest BCUT2D eigenvalue weighted by Crippen LogP contribution is -2.32. The largest absolute Gasteiger partial charge is 0.444 e. The van der Waals surface area contributed by atoms with E-state index in [1.165, 1.54) is 0 Å². The Morgan fingerprint density at radius 2 is 1.73 bits per heavy atom. The van der Waals surface area contributed by atoms with Gasteiger partial charge >= 0.3 is 6.09 Å². The molecule has 5 heteroatoms. The van der Waals surface area contributed by atoms with Gasteiger partial charge in [-0.25, -0.2) is 4.79 Å². The van der Waals surface area contributed by atoms with Crippen molar-refractivity contribution in [1.29, 1.82) is 0 Å². The third-order valence-electron chi connectivity index (χ3n) is 2.53. The van der Waals surface area contributed by atoms with Gasteiger partial charge in [-0.05, 0) is 46.2 Å². The second kappa shape index (κ2) is 9.82. The lowest BCUT2D eigenvalue weighted by Gasteiger charge is -2.19. The molecular formula is C17H28N2O3. The van der Waals surface area contributed by atoms with Gasteiger partial charge in [-0.15, -0.1) is 0 Å². The molecule has 0 radical (unpaired) electrons. The van der Waals surface area contributed by atoms with E-state index in [2.05, 4.69) is 12.2 Å². The molecule has 22 heavy (non-hydrogen) atoms. The number of amides is 2. The third-order valence-corrected chi connectivity index (χ3v) is 2.53. The number of aryl methyl sites for hydroxylation is 1. The van der Waals surface area contributed by atoms with Crippen molar-refractivity contribution >= 4 is 12.0 Å². The van der Waals surface area contributed by atoms with E-state index < -0.39 is 5.60 Å². The van der Waals surface area contributed by atoms with Crippen molar-refractivity contribution in [1.82, 2.24) is 5.32 Å². The average molecular weight is 308 g/mol. The molecule has 0 heterocycles. The molecule has 3 N–H and O–H groups in total. The van der Waals surface area contributed by atoms with E-state index in [4.69, 9.17) is 10.5 Å². The molecule has 1 aromatic carbocycles. The lowest BCUT2D eigenvalue weighted by molar-refractivity contribution is 0.0527. The van der Waals surface area contributed by atoms with Gasteiger partial charge in [-0.1, -0.05) is 31.0 Å². The second-order valence-corrected chi connectivity index (χ2v) is 6.01. The molecule has 0 saturated heterocycles. The Balaban J connectivity index is 0.000000406. The fourth-order valence-corrected chi connectivity index (χ4v) is 1.40. The molecule has 0 aromatic heterocycles. The minimum absolute atomic E-state index is 0.323. The molecule has 124 valence electrons. The van der Waals surface area contributed by atoms with Gasteiger partial charge in [0.05, 0.1) is 0 Å². The zero-order valence-electron chi connectivity index (χ0n) is 14.2. The topological polar surface area (TPSA) is 81.4 Å². The number of ether oxygens (including phenoxy) is 1. The van der Waals surface area contributed by atoms with Gasteiger partial charge < -0.3 is 15.8 Å². The van der Waals surface area contributed by atoms with Gasteiger partial charge in [0.15, 0.2) is 0 Å². The fraction of sp³-hybridized carbons (Fsp3) is 0.529. The molecule has 0 bridgehead atoms. The van der Waals surface area contributed by atoms with E-state index in [1.807, 2.05) is 39.8 Å². The summed E-state index contributed by atoms with van der Waals surface area (Å²) in [5.74, 6) is -0.375. The number of primary amides is 1. The van der Waals surface area contributed by atoms with E-state index in [0.29, 0.717) is 12.1 Å². The number of carbonyl (C=O) groups is 2. The van der Waals surface area contributed by atoms with Crippen molar-refractivity contribution in [2.45, 2.75) is 53.1 Å². The lowest BCUT2D eigenvalue weighted by atomic mass is 10.1. The summed E-state index contributed by atoms with van der Waals surface area (Å²) in [7, 11) is 0. The molecule has 1 aromatic rings. The number of carbonyl (C=O) groups excluding carboxylic acids is 2. The van der Waals surface area contributed by atoms with Crippen molar-refractivity contribution < 1.29 is 14.3 Å². The summed E-state index contributed by atoms with van der Waals surface area (Å²) >= 11 is 0. The number of nitrogens with two attached hydrogens (primary N) is 1. The molecule has 0 fully saturated rings. The maximum absolute atomic E-state index is 11.0. The Labute approximate surface area is 133 Å². The minimum Gasteiger partial charge on any atom is -0.444 e. The highest BCUT2D eigenvalue weighted by atomic mass is 16.6. The average Bonchev–Trinajstić information content (AvgIpc) is 2.38. The second-order valence-electron chi connectivity index (χ2n) is 6.01. The van der Waals surface area contributed by atoms with Gasteiger partial charge in [-0.3, -0.25) is 4.79 Å². The van der Waals surface area contributed by atoms with Crippen molar-refractivity contribution in [3.05, 3.63) is 35.4 Å². The number of rotatable bonds is 4. The summed E-state index contributed by atoms with van der Waals surface area (Å²) in [6.45, 7) is 10.3. The van der Waals surface area contributed by atoms with Crippen molar-refractivity contribution in [3.8, 4) is 0 Å². The van der Waals surface area contributed by atoms with E-state index in [0.717, 1.165) is 18.4 Å². The first kappa shape index (κ1) is 20.0. The van der Waals surface area contributed by atoms with Gasteiger partial charge in [0.1, 0.15) is 5.60 Å². The van der Waals surface area contributed by atoms with Crippen molar-refractivity contribution in [2.75, 3.05) is 6.54 Å². The van der Waals surface area contributed by atoms with Crippen LogP contribution in [-0.4, -0.2) is 24.1 Å². The summed E-state index contributed by atoms with van der Waals surface area (Å²) < 4.78 is 5.03. The quantitative estimate of drug-likeness (QED) is 0.836. The Bertz CT molecular complexity index is 462. The monoisotopic (exact) mass is 308 g/mol. The van der Waals surface area contributed by atoms with Crippen LogP contribution in [0.25, 0.3) is 0 Å². The Morgan fingerprint density at radius 1 is 1.18 bits per heavy atom. The molecule has 5 nitrogen and oxygen atoms in total. The van der Waals surface area contributed by atoms with Crippen LogP contribution in [0.5, 0.6) is 0 Å². The molecule has 0 aliphatic heterocycles. The Hall–Kier alpha value is -2.04. The number of unbranched alkanes of at least 4 members (excludes halogenated alkanes) is 1. The van der Waals surface area contributed by atoms with Crippen LogP contribution >= 0.6 is 0 Å². The van der Waals surface area contributed by atoms with Gasteiger partial charge in [0.25, 0.3) is 0 Å². The molecule has 0 spiro atoms. The van der Waals surface area contributed by atoms with Gasteiger partial charge in [0.2, 0.25) is 5.91 Å². The van der Waals surface area contributed by atoms with E-state index in [-0.39, 0.29) is 12.0 Å². The molecule has 0 atom stereocenters. The summed E-state index contributed by atoms with van der Waals surface area (Å²) in [6.07, 6.45) is 1.76. The van der Waals surface area contributed by atoms with Gasteiger partial charge in [0, 0.05) is 12.1 Å². The number of hydrogen-bond acceptors (Lipinski definition) is 3. The van der Waals surface area contributed by atoms with E-state index in [9.17, 15) is 9.59 Å². The van der Waals surface area contributed by atoms with Crippen LogP contribution in [0.3, 0.4) is 0 Å². The highest BCUT2D eigenvalue weighted by Crippen LogP contribution is 2.06. The highest BCUT2D eigenvalue weighted by Gasteiger charge is 2.14. The predicted molar refractivity (Wildman–Crippen MR) is 88.8 cm³/mol. The number of nitrogens with one attached hydrogen (secondary N) is 1. The van der Waals surface area contributed by atoms with E-state index in [1.54, 1.807) is 12.1 Å². The molecule has 0 unspecified atom stereocenters. The molecule has 0 aliphatic carbocycles. The van der Waals surface area contributed by atoms with E-state index >= 15 is 0 Å². The summed E-state index contributed by atoms with van der Waals surface area (Å²) in [4.78, 5) is 21.5. The van der Waals surface area contributed by atoms with Crippen LogP contribution in [0.1, 0.15) is 56.5 Å². The first-order valence-electron chi connectivity index (χ1n) is 7.49. The van der Waals surface area contributed by atoms with Crippen LogP contribution in [0, 0.1) is 6.92 Å². The zero-order valence-corrected chi connectivity index (χ0v) is 14.2. The van der Waals surface area contributed by atoms with Crippen LogP contribution in [0.4, 0.5) is 4.79 Å². The zero-order chi connectivity index (χ0) is 17.2. The maximum atomic E-state index is 11.0. The highest BCUT2D eigenvalue weighted by molar-refractivity contribution is 5.92. The molecule has 2 amide bonds. The molecule has 0 saturated carbocycles. The van der Waals surface area contributed by atoms with Crippen LogP contribution in [-0.2, 0) is 4.74 Å². The summed E-state index contributed by atoms with van der Waals surface area (Å²) in [6, 6.07) is 7.16. The minimum atomic E-state index is -0.393. The number of alkyl carbamates (subject to hydrolysis) is 1. The third kappa shape index (κ3) is 10.7. The molecule has 1 rings (SSSR count). The molecule has 0 aliphatic rings. The van der Waals surface area contributed by atoms with Crippen LogP contribution < -0.4 is 11.1 Å². The maximum Gasteiger partial charge on any atom is 0.407 e. The SMILES string of the molecule is CCCCNC(=O)OC(C)(C)C.Cc1ccc(C(N)=O)cc1. The van der Waals surface area contributed by atoms with Crippen molar-refractivity contribution in [2.24, 2.45) is 5.73 Å². The van der Waals surface area contributed by atoms with Crippen molar-refractivity contribution in [3.63, 3.8) is 0 Å². The standard InChI is InChI=1S/C9H19NO2.C8H9NO/c1-5-6-7-10-8(11)12-9(2,3)4;1-6-2-4-7(5-3-6)8(9)10/h5-7H2,1-4H3,(H,10,11);2-5H,1H3,(H2,9,10). The normalized spacial score (nSPS) is 10.2. The van der Waals surface area contributed by atoms with Crippen LogP contribution in [0.15, 0.2) is 24.3 Å². The Morgan fingerprint density at radius 3 is 2.14 bits per heavy atom. The molecular weight excluding hydrogens is 280 g/mol. The summed E-state index contributed by atoms with van der Waals surface area (Å²) in [5, 5.41) is 2.68. The Kier molecular flexibility index (Phi) is 8.91. The fourth-order valence-electron chi connectivity index (χ4n) is 1.40.